The Labute approximate surface area is 171 Å². The molecule has 6 heteroatoms. The molecule has 0 fully saturated rings. The molecule has 0 saturated carbocycles. The molecule has 4 nitrogen and oxygen atoms in total. The molecule has 0 spiro atoms. The zero-order valence-electron chi connectivity index (χ0n) is 15.3. The lowest BCUT2D eigenvalue weighted by Gasteiger charge is -2.34. The number of fused-ring (bicyclic) bond motifs is 1. The van der Waals surface area contributed by atoms with Crippen LogP contribution in [0.25, 0.3) is 0 Å². The molecular formula is C22H19BrFNO3. The summed E-state index contributed by atoms with van der Waals surface area (Å²) in [6.07, 6.45) is 0.695. The lowest BCUT2D eigenvalue weighted by Crippen LogP contribution is -2.42. The summed E-state index contributed by atoms with van der Waals surface area (Å²) in [6.45, 7) is 2.58. The van der Waals surface area contributed by atoms with E-state index < -0.39 is 0 Å². The van der Waals surface area contributed by atoms with Crippen molar-refractivity contribution in [2.24, 2.45) is 0 Å². The first-order valence-electron chi connectivity index (χ1n) is 9.05. The highest BCUT2D eigenvalue weighted by atomic mass is 79.9. The van der Waals surface area contributed by atoms with Gasteiger partial charge in [0.15, 0.2) is 5.76 Å². The molecule has 1 aromatic heterocycles. The molecule has 28 heavy (non-hydrogen) atoms. The summed E-state index contributed by atoms with van der Waals surface area (Å²) in [5.41, 5.74) is 1.93. The van der Waals surface area contributed by atoms with Crippen molar-refractivity contribution in [3.05, 3.63) is 87.5 Å². The molecule has 1 amide bonds. The van der Waals surface area contributed by atoms with Crippen LogP contribution in [0.3, 0.4) is 0 Å². The van der Waals surface area contributed by atoms with Crippen molar-refractivity contribution in [3.8, 4) is 5.75 Å². The molecule has 2 aromatic carbocycles. The molecule has 1 aliphatic rings. The van der Waals surface area contributed by atoms with Gasteiger partial charge in [-0.15, -0.1) is 0 Å². The highest BCUT2D eigenvalue weighted by molar-refractivity contribution is 9.10. The minimum atomic E-state index is -0.287. The van der Waals surface area contributed by atoms with Crippen molar-refractivity contribution in [2.45, 2.75) is 32.5 Å². The quantitative estimate of drug-likeness (QED) is 0.545. The molecule has 0 aliphatic carbocycles. The first-order valence-corrected chi connectivity index (χ1v) is 9.85. The maximum Gasteiger partial charge on any atom is 0.290 e. The Morgan fingerprint density at radius 3 is 2.86 bits per heavy atom. The second kappa shape index (κ2) is 7.80. The number of furan rings is 1. The van der Waals surface area contributed by atoms with E-state index in [-0.39, 0.29) is 30.1 Å². The normalized spacial score (nSPS) is 16.0. The van der Waals surface area contributed by atoms with Crippen LogP contribution in [0, 0.1) is 5.82 Å². The van der Waals surface area contributed by atoms with Crippen molar-refractivity contribution >= 4 is 21.8 Å². The zero-order chi connectivity index (χ0) is 19.7. The van der Waals surface area contributed by atoms with Crippen LogP contribution in [0.4, 0.5) is 4.39 Å². The van der Waals surface area contributed by atoms with Gasteiger partial charge in [-0.3, -0.25) is 4.79 Å². The predicted molar refractivity (Wildman–Crippen MR) is 107 cm³/mol. The largest absolute Gasteiger partial charge is 0.484 e. The maximum absolute atomic E-state index is 13.6. The van der Waals surface area contributed by atoms with Crippen molar-refractivity contribution in [2.75, 3.05) is 0 Å². The highest BCUT2D eigenvalue weighted by Crippen LogP contribution is 2.27. The van der Waals surface area contributed by atoms with E-state index in [1.807, 2.05) is 31.2 Å². The van der Waals surface area contributed by atoms with E-state index in [1.54, 1.807) is 23.1 Å². The molecule has 0 N–H and O–H groups in total. The number of hydrogen-bond donors (Lipinski definition) is 0. The van der Waals surface area contributed by atoms with Crippen molar-refractivity contribution in [3.63, 3.8) is 0 Å². The Hall–Kier alpha value is -2.60. The van der Waals surface area contributed by atoms with Gasteiger partial charge in [0.1, 0.15) is 23.9 Å². The van der Waals surface area contributed by atoms with Crippen LogP contribution in [-0.2, 0) is 19.6 Å². The van der Waals surface area contributed by atoms with Crippen molar-refractivity contribution in [1.29, 1.82) is 0 Å². The molecule has 4 rings (SSSR count). The van der Waals surface area contributed by atoms with Crippen LogP contribution in [0.2, 0.25) is 0 Å². The Morgan fingerprint density at radius 1 is 1.21 bits per heavy atom. The molecule has 144 valence electrons. The fourth-order valence-corrected chi connectivity index (χ4v) is 3.80. The Bertz CT molecular complexity index is 1020. The number of ether oxygens (including phenoxy) is 1. The average molecular weight is 444 g/mol. The SMILES string of the molecule is CC1Cc2ccc(F)cc2CN1C(=O)c1ccc(COc2ccccc2Br)o1. The lowest BCUT2D eigenvalue weighted by atomic mass is 9.94. The van der Waals surface area contributed by atoms with E-state index in [9.17, 15) is 9.18 Å². The topological polar surface area (TPSA) is 42.7 Å². The second-order valence-electron chi connectivity index (χ2n) is 6.88. The number of amides is 1. The molecule has 2 heterocycles. The van der Waals surface area contributed by atoms with Crippen LogP contribution in [0.5, 0.6) is 5.75 Å². The van der Waals surface area contributed by atoms with Gasteiger partial charge in [0.25, 0.3) is 5.91 Å². The number of rotatable bonds is 4. The van der Waals surface area contributed by atoms with Crippen molar-refractivity contribution < 1.29 is 18.3 Å². The van der Waals surface area contributed by atoms with Gasteiger partial charge < -0.3 is 14.1 Å². The third-order valence-corrected chi connectivity index (χ3v) is 5.55. The fraction of sp³-hybridized carbons (Fsp3) is 0.227. The lowest BCUT2D eigenvalue weighted by molar-refractivity contribution is 0.0621. The second-order valence-corrected chi connectivity index (χ2v) is 7.74. The van der Waals surface area contributed by atoms with Crippen LogP contribution >= 0.6 is 15.9 Å². The number of benzene rings is 2. The minimum Gasteiger partial charge on any atom is -0.484 e. The Balaban J connectivity index is 1.46. The molecule has 1 aliphatic heterocycles. The van der Waals surface area contributed by atoms with Gasteiger partial charge in [-0.05, 0) is 76.8 Å². The number of nitrogens with zero attached hydrogens (tertiary/aromatic N) is 1. The monoisotopic (exact) mass is 443 g/mol. The molecule has 0 bridgehead atoms. The number of hydrogen-bond acceptors (Lipinski definition) is 3. The molecule has 1 unspecified atom stereocenters. The molecule has 1 atom stereocenters. The molecule has 3 aromatic rings. The molecular weight excluding hydrogens is 425 g/mol. The van der Waals surface area contributed by atoms with Gasteiger partial charge >= 0.3 is 0 Å². The number of carbonyl (C=O) groups is 1. The summed E-state index contributed by atoms with van der Waals surface area (Å²) in [5.74, 6) is 1.04. The van der Waals surface area contributed by atoms with Crippen LogP contribution in [0.1, 0.15) is 34.4 Å². The summed E-state index contributed by atoms with van der Waals surface area (Å²) in [6, 6.07) is 15.7. The van der Waals surface area contributed by atoms with Gasteiger partial charge in [0.2, 0.25) is 0 Å². The van der Waals surface area contributed by atoms with E-state index in [0.717, 1.165) is 15.6 Å². The Morgan fingerprint density at radius 2 is 2.04 bits per heavy atom. The zero-order valence-corrected chi connectivity index (χ0v) is 16.9. The van der Waals surface area contributed by atoms with E-state index in [4.69, 9.17) is 9.15 Å². The first kappa shape index (κ1) is 18.7. The number of carbonyl (C=O) groups excluding carboxylic acids is 1. The number of para-hydroxylation sites is 1. The van der Waals surface area contributed by atoms with E-state index in [1.165, 1.54) is 12.1 Å². The molecule has 0 radical (unpaired) electrons. The first-order chi connectivity index (χ1) is 13.5. The highest BCUT2D eigenvalue weighted by Gasteiger charge is 2.29. The Kier molecular flexibility index (Phi) is 5.22. The van der Waals surface area contributed by atoms with Gasteiger partial charge in [-0.2, -0.15) is 0 Å². The van der Waals surface area contributed by atoms with Gasteiger partial charge in [-0.1, -0.05) is 18.2 Å². The van der Waals surface area contributed by atoms with Crippen LogP contribution in [-0.4, -0.2) is 16.8 Å². The summed E-state index contributed by atoms with van der Waals surface area (Å²) >= 11 is 3.43. The summed E-state index contributed by atoms with van der Waals surface area (Å²) in [5, 5.41) is 0. The summed E-state index contributed by atoms with van der Waals surface area (Å²) in [7, 11) is 0. The van der Waals surface area contributed by atoms with Crippen LogP contribution < -0.4 is 4.74 Å². The summed E-state index contributed by atoms with van der Waals surface area (Å²) in [4.78, 5) is 14.7. The minimum absolute atomic E-state index is 0.00975. The fourth-order valence-electron chi connectivity index (χ4n) is 3.40. The predicted octanol–water partition coefficient (Wildman–Crippen LogP) is 5.35. The van der Waals surface area contributed by atoms with E-state index in [0.29, 0.717) is 24.5 Å². The molecule has 0 saturated heterocycles. The average Bonchev–Trinajstić information content (AvgIpc) is 3.16. The smallest absolute Gasteiger partial charge is 0.290 e. The van der Waals surface area contributed by atoms with Crippen LogP contribution in [0.15, 0.2) is 63.5 Å². The van der Waals surface area contributed by atoms with Gasteiger partial charge in [-0.25, -0.2) is 4.39 Å². The van der Waals surface area contributed by atoms with Crippen molar-refractivity contribution in [1.82, 2.24) is 4.90 Å². The van der Waals surface area contributed by atoms with Gasteiger partial charge in [0.05, 0.1) is 4.47 Å². The summed E-state index contributed by atoms with van der Waals surface area (Å²) < 4.78 is 25.9. The standard InChI is InChI=1S/C22H19BrFNO3/c1-14-10-15-6-7-17(24)11-16(15)12-25(14)22(26)21-9-8-18(28-21)13-27-20-5-3-2-4-19(20)23/h2-9,11,14H,10,12-13H2,1H3. The third-order valence-electron chi connectivity index (χ3n) is 4.90. The van der Waals surface area contributed by atoms with E-state index in [2.05, 4.69) is 15.9 Å². The van der Waals surface area contributed by atoms with Gasteiger partial charge in [0, 0.05) is 12.6 Å². The van der Waals surface area contributed by atoms with E-state index >= 15 is 0 Å². The number of halogens is 2. The maximum atomic E-state index is 13.6. The third kappa shape index (κ3) is 3.83.